The van der Waals surface area contributed by atoms with Crippen LogP contribution in [0.2, 0.25) is 0 Å². The molecule has 0 aromatic rings. The van der Waals surface area contributed by atoms with Crippen LogP contribution < -0.4 is 0 Å². The minimum atomic E-state index is 0.185. The van der Waals surface area contributed by atoms with Crippen molar-refractivity contribution in [2.75, 3.05) is 7.11 Å². The second-order valence-corrected chi connectivity index (χ2v) is 1.27. The summed E-state index contributed by atoms with van der Waals surface area (Å²) in [7, 11) is 1.67. The van der Waals surface area contributed by atoms with Gasteiger partial charge in [0.15, 0.2) is 0 Å². The van der Waals surface area contributed by atoms with Crippen LogP contribution in [0.1, 0.15) is 13.3 Å². The Hall–Kier alpha value is -0.0400. The lowest BCUT2D eigenvalue weighted by Crippen LogP contribution is -2.00. The van der Waals surface area contributed by atoms with Gasteiger partial charge in [0.2, 0.25) is 0 Å². The zero-order valence-electron chi connectivity index (χ0n) is 4.40. The van der Waals surface area contributed by atoms with Crippen molar-refractivity contribution in [2.45, 2.75) is 19.4 Å². The van der Waals surface area contributed by atoms with Gasteiger partial charge in [-0.05, 0) is 13.3 Å². The lowest BCUT2D eigenvalue weighted by atomic mass is 10.3. The monoisotopic (exact) mass is 87.1 g/mol. The van der Waals surface area contributed by atoms with Crippen LogP contribution in [-0.2, 0) is 4.74 Å². The summed E-state index contributed by atoms with van der Waals surface area (Å²) in [5, 5.41) is 0. The van der Waals surface area contributed by atoms with Gasteiger partial charge in [0, 0.05) is 7.11 Å². The number of hydrogen-bond acceptors (Lipinski definition) is 1. The first-order valence-electron chi connectivity index (χ1n) is 2.17. The Labute approximate surface area is 39.3 Å². The molecule has 0 amide bonds. The summed E-state index contributed by atoms with van der Waals surface area (Å²) in [5.74, 6) is 0. The SMILES string of the molecule is [CH2][C@H](CC)OC. The van der Waals surface area contributed by atoms with Crippen molar-refractivity contribution in [3.8, 4) is 0 Å². The Morgan fingerprint density at radius 1 is 1.83 bits per heavy atom. The first kappa shape index (κ1) is 5.96. The van der Waals surface area contributed by atoms with Crippen LogP contribution in [0.3, 0.4) is 0 Å². The quantitative estimate of drug-likeness (QED) is 0.492. The van der Waals surface area contributed by atoms with Crippen molar-refractivity contribution in [1.29, 1.82) is 0 Å². The van der Waals surface area contributed by atoms with E-state index in [0.29, 0.717) is 0 Å². The van der Waals surface area contributed by atoms with Crippen LogP contribution in [0.4, 0.5) is 0 Å². The highest BCUT2D eigenvalue weighted by atomic mass is 16.5. The summed E-state index contributed by atoms with van der Waals surface area (Å²) in [4.78, 5) is 0. The van der Waals surface area contributed by atoms with E-state index >= 15 is 0 Å². The molecule has 0 unspecified atom stereocenters. The van der Waals surface area contributed by atoms with Gasteiger partial charge in [-0.25, -0.2) is 0 Å². The molecule has 0 heterocycles. The Bertz CT molecular complexity index is 23.1. The fourth-order valence-corrected chi connectivity index (χ4v) is 0.167. The molecule has 0 aliphatic rings. The minimum absolute atomic E-state index is 0.185. The van der Waals surface area contributed by atoms with E-state index in [-0.39, 0.29) is 6.10 Å². The van der Waals surface area contributed by atoms with Gasteiger partial charge in [-0.3, -0.25) is 0 Å². The Morgan fingerprint density at radius 3 is 2.33 bits per heavy atom. The van der Waals surface area contributed by atoms with Gasteiger partial charge in [-0.2, -0.15) is 0 Å². The van der Waals surface area contributed by atoms with Crippen molar-refractivity contribution < 1.29 is 4.74 Å². The molecule has 0 spiro atoms. The van der Waals surface area contributed by atoms with Crippen molar-refractivity contribution in [1.82, 2.24) is 0 Å². The van der Waals surface area contributed by atoms with Crippen LogP contribution in [0, 0.1) is 6.92 Å². The molecule has 0 bridgehead atoms. The van der Waals surface area contributed by atoms with Crippen molar-refractivity contribution in [3.63, 3.8) is 0 Å². The molecule has 1 atom stereocenters. The van der Waals surface area contributed by atoms with E-state index in [1.807, 2.05) is 6.92 Å². The van der Waals surface area contributed by atoms with E-state index in [9.17, 15) is 0 Å². The minimum Gasteiger partial charge on any atom is -0.381 e. The predicted octanol–water partition coefficient (Wildman–Crippen LogP) is 1.25. The maximum absolute atomic E-state index is 4.79. The molecule has 37 valence electrons. The highest BCUT2D eigenvalue weighted by Crippen LogP contribution is 1.89. The molecule has 0 aromatic heterocycles. The van der Waals surface area contributed by atoms with Gasteiger partial charge in [0.1, 0.15) is 0 Å². The molecule has 1 heteroatoms. The van der Waals surface area contributed by atoms with Crippen molar-refractivity contribution in [3.05, 3.63) is 6.92 Å². The summed E-state index contributed by atoms with van der Waals surface area (Å²) in [6, 6.07) is 0. The predicted molar refractivity (Wildman–Crippen MR) is 26.4 cm³/mol. The lowest BCUT2D eigenvalue weighted by Gasteiger charge is -2.01. The zero-order valence-corrected chi connectivity index (χ0v) is 4.40. The summed E-state index contributed by atoms with van der Waals surface area (Å²) >= 11 is 0. The number of hydrogen-bond donors (Lipinski definition) is 0. The average Bonchev–Trinajstić information content (AvgIpc) is 1.65. The maximum atomic E-state index is 4.79. The number of methoxy groups -OCH3 is 1. The fraction of sp³-hybridized carbons (Fsp3) is 0.800. The smallest absolute Gasteiger partial charge is 0.0569 e. The molecule has 0 saturated carbocycles. The fourth-order valence-electron chi connectivity index (χ4n) is 0.167. The Balaban J connectivity index is 2.75. The van der Waals surface area contributed by atoms with Crippen LogP contribution in [-0.4, -0.2) is 13.2 Å². The molecule has 0 aliphatic heterocycles. The molecular weight excluding hydrogens is 76.1 g/mol. The van der Waals surface area contributed by atoms with Crippen LogP contribution in [0.25, 0.3) is 0 Å². The van der Waals surface area contributed by atoms with Crippen molar-refractivity contribution in [2.24, 2.45) is 0 Å². The molecule has 0 rings (SSSR count). The molecule has 0 N–H and O–H groups in total. The van der Waals surface area contributed by atoms with Gasteiger partial charge < -0.3 is 4.74 Å². The normalized spacial score (nSPS) is 14.5. The molecular formula is C5H11O. The Kier molecular flexibility index (Phi) is 3.14. The van der Waals surface area contributed by atoms with Crippen LogP contribution >= 0.6 is 0 Å². The summed E-state index contributed by atoms with van der Waals surface area (Å²) in [6.45, 7) is 5.70. The van der Waals surface area contributed by atoms with E-state index in [2.05, 4.69) is 6.92 Å². The summed E-state index contributed by atoms with van der Waals surface area (Å²) < 4.78 is 4.79. The third-order valence-electron chi connectivity index (χ3n) is 0.789. The average molecular weight is 87.1 g/mol. The van der Waals surface area contributed by atoms with Crippen LogP contribution in [0.15, 0.2) is 0 Å². The van der Waals surface area contributed by atoms with Crippen LogP contribution in [0.5, 0.6) is 0 Å². The number of ether oxygens (including phenoxy) is 1. The molecule has 0 fully saturated rings. The summed E-state index contributed by atoms with van der Waals surface area (Å²) in [5.41, 5.74) is 0. The molecule has 1 nitrogen and oxygen atoms in total. The summed E-state index contributed by atoms with van der Waals surface area (Å²) in [6.07, 6.45) is 1.18. The van der Waals surface area contributed by atoms with Gasteiger partial charge in [-0.1, -0.05) is 6.92 Å². The topological polar surface area (TPSA) is 9.23 Å². The Morgan fingerprint density at radius 2 is 2.33 bits per heavy atom. The standard InChI is InChI=1S/C5H11O/c1-4-5(2)6-3/h5H,2,4H2,1,3H3/t5-/m1/s1. The van der Waals surface area contributed by atoms with E-state index in [1.165, 1.54) is 0 Å². The first-order valence-corrected chi connectivity index (χ1v) is 2.17. The lowest BCUT2D eigenvalue weighted by molar-refractivity contribution is 0.136. The van der Waals surface area contributed by atoms with Gasteiger partial charge in [-0.15, -0.1) is 0 Å². The van der Waals surface area contributed by atoms with Gasteiger partial charge >= 0.3 is 0 Å². The molecule has 0 aromatic carbocycles. The third-order valence-corrected chi connectivity index (χ3v) is 0.789. The zero-order chi connectivity index (χ0) is 4.99. The molecule has 1 radical (unpaired) electrons. The van der Waals surface area contributed by atoms with Gasteiger partial charge in [0.05, 0.1) is 6.10 Å². The first-order chi connectivity index (χ1) is 2.81. The van der Waals surface area contributed by atoms with E-state index in [1.54, 1.807) is 7.11 Å². The second kappa shape index (κ2) is 3.16. The van der Waals surface area contributed by atoms with E-state index < -0.39 is 0 Å². The van der Waals surface area contributed by atoms with E-state index in [0.717, 1.165) is 6.42 Å². The number of rotatable bonds is 2. The highest BCUT2D eigenvalue weighted by Gasteiger charge is 1.88. The second-order valence-electron chi connectivity index (χ2n) is 1.27. The van der Waals surface area contributed by atoms with Gasteiger partial charge in [0.25, 0.3) is 0 Å². The largest absolute Gasteiger partial charge is 0.381 e. The maximum Gasteiger partial charge on any atom is 0.0569 e. The molecule has 0 aliphatic carbocycles. The molecule has 0 saturated heterocycles. The third kappa shape index (κ3) is 2.21. The molecule has 6 heavy (non-hydrogen) atoms. The van der Waals surface area contributed by atoms with E-state index in [4.69, 9.17) is 4.74 Å². The van der Waals surface area contributed by atoms with Crippen molar-refractivity contribution >= 4 is 0 Å². The highest BCUT2D eigenvalue weighted by molar-refractivity contribution is 4.52.